The summed E-state index contributed by atoms with van der Waals surface area (Å²) in [5.41, 5.74) is 0.700. The highest BCUT2D eigenvalue weighted by atomic mass is 35.5. The second-order valence-electron chi connectivity index (χ2n) is 5.67. The number of carbonyl (C=O) groups is 1. The van der Waals surface area contributed by atoms with E-state index in [1.807, 2.05) is 48.3 Å². The van der Waals surface area contributed by atoms with Gasteiger partial charge in [0.1, 0.15) is 11.5 Å². The van der Waals surface area contributed by atoms with Gasteiger partial charge in [0.15, 0.2) is 0 Å². The lowest BCUT2D eigenvalue weighted by Crippen LogP contribution is -2.43. The molecule has 0 unspecified atom stereocenters. The van der Waals surface area contributed by atoms with Crippen molar-refractivity contribution in [2.75, 3.05) is 20.1 Å². The number of ether oxygens (including phenoxy) is 1. The maximum Gasteiger partial charge on any atom is 0.253 e. The van der Waals surface area contributed by atoms with Crippen LogP contribution < -0.4 is 10.1 Å². The van der Waals surface area contributed by atoms with Crippen LogP contribution in [0.3, 0.4) is 0 Å². The number of aromatic nitrogens is 1. The summed E-state index contributed by atoms with van der Waals surface area (Å²) in [7, 11) is 1.98. The van der Waals surface area contributed by atoms with Crippen molar-refractivity contribution in [2.24, 2.45) is 0 Å². The third-order valence-corrected chi connectivity index (χ3v) is 4.16. The molecule has 1 aromatic heterocycles. The van der Waals surface area contributed by atoms with E-state index in [0.717, 1.165) is 25.9 Å². The van der Waals surface area contributed by atoms with Crippen LogP contribution in [-0.4, -0.2) is 42.0 Å². The smallest absolute Gasteiger partial charge is 0.253 e. The van der Waals surface area contributed by atoms with Gasteiger partial charge < -0.3 is 15.0 Å². The summed E-state index contributed by atoms with van der Waals surface area (Å²) in [5.74, 6) is 1.47. The van der Waals surface area contributed by atoms with Crippen LogP contribution in [0, 0.1) is 0 Å². The van der Waals surface area contributed by atoms with E-state index in [1.165, 1.54) is 0 Å². The number of rotatable bonds is 4. The summed E-state index contributed by atoms with van der Waals surface area (Å²) in [4.78, 5) is 18.5. The molecule has 0 aliphatic carbocycles. The zero-order valence-corrected chi connectivity index (χ0v) is 15.7. The lowest BCUT2D eigenvalue weighted by Gasteiger charge is -2.31. The molecule has 3 rings (SSSR count). The van der Waals surface area contributed by atoms with E-state index in [0.29, 0.717) is 23.1 Å². The molecule has 1 saturated heterocycles. The summed E-state index contributed by atoms with van der Waals surface area (Å²) < 4.78 is 5.69. The van der Waals surface area contributed by atoms with E-state index in [4.69, 9.17) is 4.74 Å². The molecule has 2 heterocycles. The van der Waals surface area contributed by atoms with E-state index < -0.39 is 0 Å². The maximum atomic E-state index is 12.5. The van der Waals surface area contributed by atoms with Crippen LogP contribution in [-0.2, 0) is 0 Å². The Hall–Kier alpha value is -1.82. The number of hydrogen-bond acceptors (Lipinski definition) is 4. The van der Waals surface area contributed by atoms with Gasteiger partial charge in [-0.15, -0.1) is 24.8 Å². The van der Waals surface area contributed by atoms with Crippen LogP contribution in [0.5, 0.6) is 11.5 Å². The predicted molar refractivity (Wildman–Crippen MR) is 103 cm³/mol. The second kappa shape index (κ2) is 10.2. The molecular formula is C18H23Cl2N3O2. The molecule has 1 aromatic carbocycles. The molecule has 25 heavy (non-hydrogen) atoms. The van der Waals surface area contributed by atoms with Gasteiger partial charge in [0.05, 0.1) is 6.20 Å². The van der Waals surface area contributed by atoms with Crippen molar-refractivity contribution >= 4 is 30.7 Å². The van der Waals surface area contributed by atoms with Gasteiger partial charge in [-0.05, 0) is 56.3 Å². The fourth-order valence-electron chi connectivity index (χ4n) is 2.76. The van der Waals surface area contributed by atoms with E-state index in [2.05, 4.69) is 10.3 Å². The first-order valence-electron chi connectivity index (χ1n) is 7.91. The van der Waals surface area contributed by atoms with Crippen LogP contribution in [0.25, 0.3) is 0 Å². The summed E-state index contributed by atoms with van der Waals surface area (Å²) >= 11 is 0. The fraction of sp³-hybridized carbons (Fsp3) is 0.333. The van der Waals surface area contributed by atoms with E-state index in [1.54, 1.807) is 12.4 Å². The lowest BCUT2D eigenvalue weighted by molar-refractivity contribution is 0.0707. The number of pyridine rings is 1. The summed E-state index contributed by atoms with van der Waals surface area (Å²) in [6.07, 6.45) is 5.37. The molecule has 0 atom stereocenters. The number of nitrogens with one attached hydrogen (secondary N) is 1. The minimum absolute atomic E-state index is 0. The minimum atomic E-state index is 0. The van der Waals surface area contributed by atoms with Gasteiger partial charge in [0, 0.05) is 30.9 Å². The van der Waals surface area contributed by atoms with Crippen LogP contribution >= 0.6 is 24.8 Å². The quantitative estimate of drug-likeness (QED) is 0.876. The average molecular weight is 384 g/mol. The Labute approximate surface area is 160 Å². The van der Waals surface area contributed by atoms with Crippen molar-refractivity contribution < 1.29 is 9.53 Å². The van der Waals surface area contributed by atoms with Crippen molar-refractivity contribution in [1.29, 1.82) is 0 Å². The summed E-state index contributed by atoms with van der Waals surface area (Å²) in [5, 5.41) is 3.27. The number of likely N-dealkylation sites (tertiary alicyclic amines) is 1. The SMILES string of the molecule is CNC1CCN(C(=O)c2ccc(Oc3cccnc3)cc2)CC1.Cl.Cl. The lowest BCUT2D eigenvalue weighted by atomic mass is 10.0. The Morgan fingerprint density at radius 3 is 2.36 bits per heavy atom. The molecular weight excluding hydrogens is 361 g/mol. The maximum absolute atomic E-state index is 12.5. The van der Waals surface area contributed by atoms with Crippen LogP contribution in [0.1, 0.15) is 23.2 Å². The molecule has 2 aromatic rings. The normalized spacial score (nSPS) is 14.2. The number of nitrogens with zero attached hydrogens (tertiary/aromatic N) is 2. The molecule has 1 fully saturated rings. The standard InChI is InChI=1S/C18H21N3O2.2ClH/c1-19-15-8-11-21(12-9-15)18(22)14-4-6-16(7-5-14)23-17-3-2-10-20-13-17;;/h2-7,10,13,15,19H,8-9,11-12H2,1H3;2*1H. The van der Waals surface area contributed by atoms with E-state index in [-0.39, 0.29) is 30.7 Å². The number of carbonyl (C=O) groups excluding carboxylic acids is 1. The van der Waals surface area contributed by atoms with Crippen molar-refractivity contribution in [2.45, 2.75) is 18.9 Å². The number of benzene rings is 1. The van der Waals surface area contributed by atoms with Crippen LogP contribution in [0.2, 0.25) is 0 Å². The third kappa shape index (κ3) is 5.59. The molecule has 5 nitrogen and oxygen atoms in total. The van der Waals surface area contributed by atoms with Gasteiger partial charge in [0.2, 0.25) is 0 Å². The van der Waals surface area contributed by atoms with Crippen molar-refractivity contribution in [1.82, 2.24) is 15.2 Å². The fourth-order valence-corrected chi connectivity index (χ4v) is 2.76. The molecule has 1 aliphatic rings. The minimum Gasteiger partial charge on any atom is -0.456 e. The Morgan fingerprint density at radius 2 is 1.80 bits per heavy atom. The van der Waals surface area contributed by atoms with Crippen molar-refractivity contribution in [3.8, 4) is 11.5 Å². The summed E-state index contributed by atoms with van der Waals surface area (Å²) in [6, 6.07) is 11.5. The van der Waals surface area contributed by atoms with Crippen LogP contribution in [0.15, 0.2) is 48.8 Å². The Bertz CT molecular complexity index is 645. The number of halogens is 2. The molecule has 0 bridgehead atoms. The molecule has 7 heteroatoms. The van der Waals surface area contributed by atoms with Crippen molar-refractivity contribution in [3.05, 3.63) is 54.4 Å². The Kier molecular flexibility index (Phi) is 8.69. The van der Waals surface area contributed by atoms with Gasteiger partial charge in [-0.3, -0.25) is 9.78 Å². The largest absolute Gasteiger partial charge is 0.456 e. The molecule has 0 spiro atoms. The Morgan fingerprint density at radius 1 is 1.12 bits per heavy atom. The van der Waals surface area contributed by atoms with Crippen LogP contribution in [0.4, 0.5) is 0 Å². The average Bonchev–Trinajstić information content (AvgIpc) is 2.63. The monoisotopic (exact) mass is 383 g/mol. The Balaban J connectivity index is 0.00000156. The zero-order chi connectivity index (χ0) is 16.1. The first-order chi connectivity index (χ1) is 11.3. The van der Waals surface area contributed by atoms with E-state index in [9.17, 15) is 4.79 Å². The first-order valence-corrected chi connectivity index (χ1v) is 7.91. The zero-order valence-electron chi connectivity index (χ0n) is 14.1. The summed E-state index contributed by atoms with van der Waals surface area (Å²) in [6.45, 7) is 1.61. The molecule has 0 saturated carbocycles. The third-order valence-electron chi connectivity index (χ3n) is 4.16. The first kappa shape index (κ1) is 21.2. The molecule has 1 N–H and O–H groups in total. The van der Waals surface area contributed by atoms with Gasteiger partial charge in [-0.1, -0.05) is 0 Å². The van der Waals surface area contributed by atoms with E-state index >= 15 is 0 Å². The topological polar surface area (TPSA) is 54.5 Å². The highest BCUT2D eigenvalue weighted by Gasteiger charge is 2.22. The highest BCUT2D eigenvalue weighted by Crippen LogP contribution is 2.21. The van der Waals surface area contributed by atoms with Gasteiger partial charge >= 0.3 is 0 Å². The molecule has 1 aliphatic heterocycles. The predicted octanol–water partition coefficient (Wildman–Crippen LogP) is 3.54. The number of piperidine rings is 1. The van der Waals surface area contributed by atoms with Crippen molar-refractivity contribution in [3.63, 3.8) is 0 Å². The number of hydrogen-bond donors (Lipinski definition) is 1. The van der Waals surface area contributed by atoms with Gasteiger partial charge in [0.25, 0.3) is 5.91 Å². The number of amides is 1. The molecule has 1 amide bonds. The molecule has 136 valence electrons. The molecule has 0 radical (unpaired) electrons. The van der Waals surface area contributed by atoms with Gasteiger partial charge in [-0.2, -0.15) is 0 Å². The second-order valence-corrected chi connectivity index (χ2v) is 5.67. The van der Waals surface area contributed by atoms with Gasteiger partial charge in [-0.25, -0.2) is 0 Å². The highest BCUT2D eigenvalue weighted by molar-refractivity contribution is 5.94.